The Balaban J connectivity index is 1.40. The largest absolute Gasteiger partial charge is 0.496 e. The molecule has 3 heterocycles. The first kappa shape index (κ1) is 21.3. The fourth-order valence-electron chi connectivity index (χ4n) is 4.45. The number of furan rings is 1. The minimum Gasteiger partial charge on any atom is -0.496 e. The number of benzene rings is 2. The van der Waals surface area contributed by atoms with Crippen molar-refractivity contribution in [2.24, 2.45) is 0 Å². The summed E-state index contributed by atoms with van der Waals surface area (Å²) >= 11 is 0. The van der Waals surface area contributed by atoms with Crippen LogP contribution in [0.25, 0.3) is 21.9 Å². The van der Waals surface area contributed by atoms with E-state index in [0.29, 0.717) is 19.6 Å². The van der Waals surface area contributed by atoms with Gasteiger partial charge >= 0.3 is 0 Å². The average molecular weight is 444 g/mol. The molecule has 4 aromatic rings. The monoisotopic (exact) mass is 443 g/mol. The Morgan fingerprint density at radius 3 is 2.82 bits per heavy atom. The van der Waals surface area contributed by atoms with E-state index in [2.05, 4.69) is 21.7 Å². The van der Waals surface area contributed by atoms with Gasteiger partial charge in [-0.05, 0) is 43.7 Å². The molecule has 3 N–H and O–H groups in total. The molecule has 0 saturated heterocycles. The van der Waals surface area contributed by atoms with Crippen molar-refractivity contribution < 1.29 is 13.9 Å². The highest BCUT2D eigenvalue weighted by molar-refractivity contribution is 5.89. The van der Waals surface area contributed by atoms with Crippen LogP contribution in [0.2, 0.25) is 0 Å². The highest BCUT2D eigenvalue weighted by Crippen LogP contribution is 2.25. The Kier molecular flexibility index (Phi) is 5.68. The van der Waals surface area contributed by atoms with Crippen molar-refractivity contribution in [3.8, 4) is 0 Å². The van der Waals surface area contributed by atoms with Gasteiger partial charge in [-0.25, -0.2) is 0 Å². The third-order valence-electron chi connectivity index (χ3n) is 6.36. The van der Waals surface area contributed by atoms with Crippen molar-refractivity contribution in [1.82, 2.24) is 15.6 Å². The minimum atomic E-state index is -0.864. The first-order valence-electron chi connectivity index (χ1n) is 11.4. The summed E-state index contributed by atoms with van der Waals surface area (Å²) in [6.07, 6.45) is 5.44. The molecule has 2 aromatic carbocycles. The number of carbonyl (C=O) groups excluding carboxylic acids is 1. The lowest BCUT2D eigenvalue weighted by atomic mass is 9.90. The maximum absolute atomic E-state index is 13.6. The van der Waals surface area contributed by atoms with Crippen LogP contribution in [0, 0.1) is 0 Å². The number of nitrogens with one attached hydrogen (secondary N) is 3. The fourth-order valence-corrected chi connectivity index (χ4v) is 4.45. The Morgan fingerprint density at radius 1 is 1.18 bits per heavy atom. The van der Waals surface area contributed by atoms with Gasteiger partial charge in [0.1, 0.15) is 17.1 Å². The Morgan fingerprint density at radius 2 is 2.00 bits per heavy atom. The summed E-state index contributed by atoms with van der Waals surface area (Å²) in [7, 11) is 0. The van der Waals surface area contributed by atoms with Gasteiger partial charge < -0.3 is 19.5 Å². The highest BCUT2D eigenvalue weighted by atomic mass is 16.5. The molecule has 2 aromatic heterocycles. The Bertz CT molecular complexity index is 1290. The summed E-state index contributed by atoms with van der Waals surface area (Å²) in [6.45, 7) is 5.02. The molecule has 2 atom stereocenters. The van der Waals surface area contributed by atoms with Gasteiger partial charge in [0, 0.05) is 35.3 Å². The molecule has 0 spiro atoms. The number of fused-ring (bicyclic) bond motifs is 2. The third-order valence-corrected chi connectivity index (χ3v) is 6.36. The van der Waals surface area contributed by atoms with Crippen molar-refractivity contribution in [3.05, 3.63) is 84.0 Å². The standard InChI is InChI=1S/C27H29N3O3/c1-18(24-12-7-13-32-24)30-26(31)27(2,15-20-16-28-23-10-5-4-9-22(20)23)29-17-21-14-19-8-3-6-11-25(19)33-21/h3-6,8-12,14,16,18,28-29H,7,13,15,17H2,1-2H3,(H,30,31). The number of aromatic amines is 1. The number of H-pyrrole nitrogens is 1. The number of amides is 1. The summed E-state index contributed by atoms with van der Waals surface area (Å²) in [6, 6.07) is 17.9. The van der Waals surface area contributed by atoms with Crippen molar-refractivity contribution in [3.63, 3.8) is 0 Å². The van der Waals surface area contributed by atoms with Crippen LogP contribution in [0.1, 0.15) is 31.6 Å². The first-order chi connectivity index (χ1) is 16.0. The van der Waals surface area contributed by atoms with Gasteiger partial charge in [-0.15, -0.1) is 0 Å². The Hall–Kier alpha value is -3.51. The number of hydrogen-bond donors (Lipinski definition) is 3. The van der Waals surface area contributed by atoms with Gasteiger partial charge in [-0.3, -0.25) is 10.1 Å². The van der Waals surface area contributed by atoms with Gasteiger partial charge in [0.2, 0.25) is 5.91 Å². The van der Waals surface area contributed by atoms with E-state index in [0.717, 1.165) is 45.4 Å². The molecule has 0 saturated carbocycles. The van der Waals surface area contributed by atoms with Gasteiger partial charge in [0.15, 0.2) is 0 Å². The second kappa shape index (κ2) is 8.79. The van der Waals surface area contributed by atoms with Crippen LogP contribution in [-0.2, 0) is 22.5 Å². The molecule has 2 unspecified atom stereocenters. The molecule has 0 radical (unpaired) electrons. The topological polar surface area (TPSA) is 79.3 Å². The van der Waals surface area contributed by atoms with E-state index in [1.165, 1.54) is 0 Å². The summed E-state index contributed by atoms with van der Waals surface area (Å²) in [4.78, 5) is 16.9. The quantitative estimate of drug-likeness (QED) is 0.365. The smallest absolute Gasteiger partial charge is 0.240 e. The van der Waals surface area contributed by atoms with Gasteiger partial charge in [-0.1, -0.05) is 36.4 Å². The zero-order valence-corrected chi connectivity index (χ0v) is 19.0. The molecule has 0 aliphatic carbocycles. The molecule has 1 aliphatic heterocycles. The SMILES string of the molecule is CC(NC(=O)C(C)(Cc1c[nH]c2ccccc12)NCc1cc2ccccc2o1)C1=CCCO1. The predicted molar refractivity (Wildman–Crippen MR) is 130 cm³/mol. The molecule has 1 amide bonds. The molecular formula is C27H29N3O3. The van der Waals surface area contributed by atoms with Crippen LogP contribution in [0.5, 0.6) is 0 Å². The molecule has 5 rings (SSSR count). The van der Waals surface area contributed by atoms with Crippen LogP contribution < -0.4 is 10.6 Å². The number of carbonyl (C=O) groups is 1. The van der Waals surface area contributed by atoms with Crippen LogP contribution in [0.15, 0.2) is 77.0 Å². The Labute approximate surface area is 193 Å². The third kappa shape index (κ3) is 4.39. The predicted octanol–water partition coefficient (Wildman–Crippen LogP) is 4.81. The first-order valence-corrected chi connectivity index (χ1v) is 11.4. The number of para-hydroxylation sites is 2. The highest BCUT2D eigenvalue weighted by Gasteiger charge is 2.35. The van der Waals surface area contributed by atoms with Crippen molar-refractivity contribution in [1.29, 1.82) is 0 Å². The molecule has 170 valence electrons. The second-order valence-electron chi connectivity index (χ2n) is 8.91. The van der Waals surface area contributed by atoms with E-state index < -0.39 is 5.54 Å². The number of hydrogen-bond acceptors (Lipinski definition) is 4. The molecule has 6 heteroatoms. The van der Waals surface area contributed by atoms with E-state index in [-0.39, 0.29) is 11.9 Å². The summed E-state index contributed by atoms with van der Waals surface area (Å²) in [5, 5.41) is 8.82. The molecule has 6 nitrogen and oxygen atoms in total. The van der Waals surface area contributed by atoms with E-state index in [1.54, 1.807) is 0 Å². The molecule has 33 heavy (non-hydrogen) atoms. The number of ether oxygens (including phenoxy) is 1. The molecule has 0 bridgehead atoms. The fraction of sp³-hybridized carbons (Fsp3) is 0.296. The molecular weight excluding hydrogens is 414 g/mol. The second-order valence-corrected chi connectivity index (χ2v) is 8.91. The maximum Gasteiger partial charge on any atom is 0.240 e. The zero-order chi connectivity index (χ0) is 22.8. The maximum atomic E-state index is 13.6. The summed E-state index contributed by atoms with van der Waals surface area (Å²) in [5.74, 6) is 1.55. The van der Waals surface area contributed by atoms with Crippen molar-refractivity contribution >= 4 is 27.8 Å². The van der Waals surface area contributed by atoms with Crippen molar-refractivity contribution in [2.75, 3.05) is 6.61 Å². The van der Waals surface area contributed by atoms with Crippen LogP contribution in [0.3, 0.4) is 0 Å². The van der Waals surface area contributed by atoms with E-state index in [1.807, 2.05) is 74.7 Å². The zero-order valence-electron chi connectivity index (χ0n) is 19.0. The van der Waals surface area contributed by atoms with Gasteiger partial charge in [-0.2, -0.15) is 0 Å². The van der Waals surface area contributed by atoms with Crippen molar-refractivity contribution in [2.45, 2.75) is 44.8 Å². The normalized spacial score (nSPS) is 16.4. The van der Waals surface area contributed by atoms with Crippen LogP contribution >= 0.6 is 0 Å². The lowest BCUT2D eigenvalue weighted by Crippen LogP contribution is -2.57. The van der Waals surface area contributed by atoms with Gasteiger partial charge in [0.25, 0.3) is 0 Å². The van der Waals surface area contributed by atoms with Gasteiger partial charge in [0.05, 0.1) is 24.7 Å². The average Bonchev–Trinajstić information content (AvgIpc) is 3.57. The van der Waals surface area contributed by atoms with E-state index in [4.69, 9.17) is 9.15 Å². The van der Waals surface area contributed by atoms with Crippen LogP contribution in [-0.4, -0.2) is 29.1 Å². The number of rotatable bonds is 8. The molecule has 0 fully saturated rings. The van der Waals surface area contributed by atoms with Crippen LogP contribution in [0.4, 0.5) is 0 Å². The minimum absolute atomic E-state index is 0.0761. The lowest BCUT2D eigenvalue weighted by molar-refractivity contribution is -0.127. The van der Waals surface area contributed by atoms with E-state index >= 15 is 0 Å². The number of aromatic nitrogens is 1. The summed E-state index contributed by atoms with van der Waals surface area (Å²) < 4.78 is 11.6. The molecule has 1 aliphatic rings. The van der Waals surface area contributed by atoms with E-state index in [9.17, 15) is 4.79 Å². The lowest BCUT2D eigenvalue weighted by Gasteiger charge is -2.31. The summed E-state index contributed by atoms with van der Waals surface area (Å²) in [5.41, 5.74) is 2.13.